The topological polar surface area (TPSA) is 17.1 Å². The standard InChI is InChI=1S/C11H18O/c1-7-5-10(7,3)9(12)11(4)6-8(11)2/h7-8H,5-6H2,1-4H3/t7-,8-,10-,11+/m0/s1. The summed E-state index contributed by atoms with van der Waals surface area (Å²) in [6, 6.07) is 0. The zero-order chi connectivity index (χ0) is 9.15. The van der Waals surface area contributed by atoms with E-state index in [2.05, 4.69) is 27.7 Å². The minimum absolute atomic E-state index is 0.0551. The van der Waals surface area contributed by atoms with E-state index in [1.54, 1.807) is 0 Å². The third-order valence-electron chi connectivity index (χ3n) is 4.35. The number of hydrogen-bond donors (Lipinski definition) is 0. The first-order chi connectivity index (χ1) is 5.41. The molecule has 0 saturated heterocycles. The van der Waals surface area contributed by atoms with Crippen LogP contribution in [0.25, 0.3) is 0 Å². The first-order valence-corrected chi connectivity index (χ1v) is 4.96. The van der Waals surface area contributed by atoms with Crippen LogP contribution in [0.2, 0.25) is 0 Å². The quantitative estimate of drug-likeness (QED) is 0.616. The van der Waals surface area contributed by atoms with Crippen molar-refractivity contribution >= 4 is 5.78 Å². The van der Waals surface area contributed by atoms with Gasteiger partial charge in [0.05, 0.1) is 0 Å². The summed E-state index contributed by atoms with van der Waals surface area (Å²) in [5, 5.41) is 0. The molecular formula is C11H18O. The van der Waals surface area contributed by atoms with Gasteiger partial charge in [0.25, 0.3) is 0 Å². The van der Waals surface area contributed by atoms with Crippen molar-refractivity contribution in [2.75, 3.05) is 0 Å². The van der Waals surface area contributed by atoms with Gasteiger partial charge in [0.1, 0.15) is 5.78 Å². The van der Waals surface area contributed by atoms with Gasteiger partial charge in [-0.25, -0.2) is 0 Å². The van der Waals surface area contributed by atoms with Crippen molar-refractivity contribution in [1.29, 1.82) is 0 Å². The van der Waals surface area contributed by atoms with E-state index < -0.39 is 0 Å². The van der Waals surface area contributed by atoms with Crippen molar-refractivity contribution < 1.29 is 4.79 Å². The van der Waals surface area contributed by atoms with Crippen LogP contribution < -0.4 is 0 Å². The van der Waals surface area contributed by atoms with Crippen molar-refractivity contribution in [1.82, 2.24) is 0 Å². The molecule has 0 aliphatic heterocycles. The fraction of sp³-hybridized carbons (Fsp3) is 0.909. The van der Waals surface area contributed by atoms with Crippen LogP contribution in [0.15, 0.2) is 0 Å². The second-order valence-corrected chi connectivity index (χ2v) is 5.37. The minimum Gasteiger partial charge on any atom is -0.298 e. The van der Waals surface area contributed by atoms with Gasteiger partial charge in [0.15, 0.2) is 0 Å². The Balaban J connectivity index is 2.12. The predicted molar refractivity (Wildman–Crippen MR) is 48.8 cm³/mol. The van der Waals surface area contributed by atoms with E-state index in [1.165, 1.54) is 0 Å². The van der Waals surface area contributed by atoms with Crippen LogP contribution >= 0.6 is 0 Å². The smallest absolute Gasteiger partial charge is 0.145 e. The van der Waals surface area contributed by atoms with E-state index in [1.807, 2.05) is 0 Å². The van der Waals surface area contributed by atoms with Crippen LogP contribution in [0.3, 0.4) is 0 Å². The first kappa shape index (κ1) is 8.28. The lowest BCUT2D eigenvalue weighted by Crippen LogP contribution is -2.24. The van der Waals surface area contributed by atoms with Gasteiger partial charge >= 0.3 is 0 Å². The lowest BCUT2D eigenvalue weighted by Gasteiger charge is -2.15. The number of hydrogen-bond acceptors (Lipinski definition) is 1. The molecule has 2 aliphatic carbocycles. The van der Waals surface area contributed by atoms with Crippen molar-refractivity contribution in [3.8, 4) is 0 Å². The van der Waals surface area contributed by atoms with Gasteiger partial charge in [-0.2, -0.15) is 0 Å². The third kappa shape index (κ3) is 0.826. The largest absolute Gasteiger partial charge is 0.298 e. The van der Waals surface area contributed by atoms with Crippen LogP contribution in [-0.2, 0) is 4.79 Å². The Kier molecular flexibility index (Phi) is 1.34. The van der Waals surface area contributed by atoms with E-state index in [9.17, 15) is 4.79 Å². The number of carbonyl (C=O) groups excluding carboxylic acids is 1. The third-order valence-corrected chi connectivity index (χ3v) is 4.35. The molecule has 4 atom stereocenters. The highest BCUT2D eigenvalue weighted by atomic mass is 16.1. The van der Waals surface area contributed by atoms with Crippen LogP contribution in [0.1, 0.15) is 40.5 Å². The van der Waals surface area contributed by atoms with Gasteiger partial charge in [-0.3, -0.25) is 4.79 Å². The molecule has 0 bridgehead atoms. The lowest BCUT2D eigenvalue weighted by atomic mass is 9.87. The summed E-state index contributed by atoms with van der Waals surface area (Å²) < 4.78 is 0. The molecule has 0 aromatic carbocycles. The minimum atomic E-state index is 0.0551. The molecule has 0 spiro atoms. The lowest BCUT2D eigenvalue weighted by molar-refractivity contribution is -0.129. The fourth-order valence-electron chi connectivity index (χ4n) is 2.44. The molecule has 1 heteroatoms. The molecule has 0 N–H and O–H groups in total. The van der Waals surface area contributed by atoms with Crippen molar-refractivity contribution in [3.05, 3.63) is 0 Å². The average Bonchev–Trinajstić information content (AvgIpc) is 2.77. The first-order valence-electron chi connectivity index (χ1n) is 4.96. The maximum absolute atomic E-state index is 12.0. The number of rotatable bonds is 2. The van der Waals surface area contributed by atoms with Crippen LogP contribution in [-0.4, -0.2) is 5.78 Å². The number of ketones is 1. The summed E-state index contributed by atoms with van der Waals surface area (Å²) >= 11 is 0. The van der Waals surface area contributed by atoms with E-state index in [4.69, 9.17) is 0 Å². The molecule has 0 aromatic rings. The molecule has 1 nitrogen and oxygen atoms in total. The second-order valence-electron chi connectivity index (χ2n) is 5.37. The molecule has 2 saturated carbocycles. The number of Topliss-reactive ketones (excluding diaryl/α,β-unsaturated/α-hetero) is 1. The van der Waals surface area contributed by atoms with E-state index >= 15 is 0 Å². The van der Waals surface area contributed by atoms with Gasteiger partial charge in [-0.1, -0.05) is 27.7 Å². The maximum atomic E-state index is 12.0. The summed E-state index contributed by atoms with van der Waals surface area (Å²) in [7, 11) is 0. The van der Waals surface area contributed by atoms with Crippen molar-refractivity contribution in [2.24, 2.45) is 22.7 Å². The molecule has 12 heavy (non-hydrogen) atoms. The molecule has 0 unspecified atom stereocenters. The Bertz CT molecular complexity index is 221. The highest BCUT2D eigenvalue weighted by Crippen LogP contribution is 2.63. The highest BCUT2D eigenvalue weighted by molar-refractivity contribution is 5.94. The molecule has 2 fully saturated rings. The SMILES string of the molecule is C[C@H]1C[C@@]1(C)C(=O)[C@@]1(C)C[C@@H]1C. The molecular weight excluding hydrogens is 148 g/mol. The molecule has 0 aromatic heterocycles. The van der Waals surface area contributed by atoms with E-state index in [0.717, 1.165) is 12.8 Å². The molecule has 0 radical (unpaired) electrons. The zero-order valence-corrected chi connectivity index (χ0v) is 8.48. The Morgan fingerprint density at radius 3 is 1.50 bits per heavy atom. The summed E-state index contributed by atoms with van der Waals surface area (Å²) in [6.07, 6.45) is 2.24. The highest BCUT2D eigenvalue weighted by Gasteiger charge is 2.64. The normalized spacial score (nSPS) is 56.7. The van der Waals surface area contributed by atoms with Gasteiger partial charge in [0.2, 0.25) is 0 Å². The summed E-state index contributed by atoms with van der Waals surface area (Å²) in [6.45, 7) is 8.65. The Labute approximate surface area is 74.5 Å². The maximum Gasteiger partial charge on any atom is 0.145 e. The summed E-state index contributed by atoms with van der Waals surface area (Å²) in [5.41, 5.74) is 0.110. The van der Waals surface area contributed by atoms with Gasteiger partial charge in [0, 0.05) is 10.8 Å². The van der Waals surface area contributed by atoms with Gasteiger partial charge < -0.3 is 0 Å². The van der Waals surface area contributed by atoms with E-state index in [0.29, 0.717) is 17.6 Å². The monoisotopic (exact) mass is 166 g/mol. The van der Waals surface area contributed by atoms with Crippen LogP contribution in [0.4, 0.5) is 0 Å². The molecule has 68 valence electrons. The Morgan fingerprint density at radius 2 is 1.33 bits per heavy atom. The molecule has 0 amide bonds. The molecule has 0 heterocycles. The van der Waals surface area contributed by atoms with Gasteiger partial charge in [-0.15, -0.1) is 0 Å². The summed E-state index contributed by atoms with van der Waals surface area (Å²) in [5.74, 6) is 1.80. The Morgan fingerprint density at radius 1 is 1.08 bits per heavy atom. The Hall–Kier alpha value is -0.330. The summed E-state index contributed by atoms with van der Waals surface area (Å²) in [4.78, 5) is 12.0. The molecule has 2 aliphatic rings. The van der Waals surface area contributed by atoms with Gasteiger partial charge in [-0.05, 0) is 24.7 Å². The average molecular weight is 166 g/mol. The second kappa shape index (κ2) is 1.94. The predicted octanol–water partition coefficient (Wildman–Crippen LogP) is 2.65. The van der Waals surface area contributed by atoms with Crippen LogP contribution in [0, 0.1) is 22.7 Å². The zero-order valence-electron chi connectivity index (χ0n) is 8.48. The van der Waals surface area contributed by atoms with E-state index in [-0.39, 0.29) is 10.8 Å². The van der Waals surface area contributed by atoms with Crippen molar-refractivity contribution in [2.45, 2.75) is 40.5 Å². The number of carbonyl (C=O) groups is 1. The molecule has 2 rings (SSSR count). The fourth-order valence-corrected chi connectivity index (χ4v) is 2.44. The van der Waals surface area contributed by atoms with Crippen molar-refractivity contribution in [3.63, 3.8) is 0 Å². The van der Waals surface area contributed by atoms with Crippen LogP contribution in [0.5, 0.6) is 0 Å².